The Balaban J connectivity index is 1.60. The molecule has 2 N–H and O–H groups in total. The second-order valence-corrected chi connectivity index (χ2v) is 7.62. The number of benzene rings is 1. The summed E-state index contributed by atoms with van der Waals surface area (Å²) in [4.78, 5) is 34.8. The van der Waals surface area contributed by atoms with Gasteiger partial charge in [-0.2, -0.15) is 0 Å². The molecule has 1 atom stereocenters. The Morgan fingerprint density at radius 1 is 1.25 bits per heavy atom. The topological polar surface area (TPSA) is 87.7 Å². The van der Waals surface area contributed by atoms with Crippen LogP contribution in [0.15, 0.2) is 36.7 Å². The van der Waals surface area contributed by atoms with Crippen LogP contribution in [0.3, 0.4) is 0 Å². The Kier molecular flexibility index (Phi) is 4.58. The molecule has 4 rings (SSSR count). The molecule has 2 aromatic rings. The molecule has 1 aromatic carbocycles. The number of anilines is 1. The van der Waals surface area contributed by atoms with E-state index in [2.05, 4.69) is 9.88 Å². The molecule has 147 valence electrons. The number of urea groups is 1. The van der Waals surface area contributed by atoms with Crippen LogP contribution in [-0.4, -0.2) is 64.0 Å². The van der Waals surface area contributed by atoms with Crippen LogP contribution in [0.2, 0.25) is 0 Å². The van der Waals surface area contributed by atoms with Crippen molar-refractivity contribution in [2.75, 3.05) is 32.1 Å². The van der Waals surface area contributed by atoms with E-state index in [1.165, 1.54) is 0 Å². The van der Waals surface area contributed by atoms with Crippen molar-refractivity contribution in [3.05, 3.63) is 48.9 Å². The number of imidazole rings is 1. The van der Waals surface area contributed by atoms with Crippen molar-refractivity contribution in [2.24, 2.45) is 5.73 Å². The maximum absolute atomic E-state index is 12.9. The van der Waals surface area contributed by atoms with E-state index in [0.717, 1.165) is 36.6 Å². The number of piperidine rings is 1. The van der Waals surface area contributed by atoms with Gasteiger partial charge in [-0.25, -0.2) is 9.78 Å². The minimum Gasteiger partial charge on any atom is -0.368 e. The number of amides is 3. The van der Waals surface area contributed by atoms with Crippen molar-refractivity contribution in [2.45, 2.75) is 24.9 Å². The van der Waals surface area contributed by atoms with Gasteiger partial charge in [0.25, 0.3) is 0 Å². The molecule has 3 amide bonds. The predicted octanol–water partition coefficient (Wildman–Crippen LogP) is 1.40. The van der Waals surface area contributed by atoms with Crippen molar-refractivity contribution < 1.29 is 9.59 Å². The minimum atomic E-state index is -1.00. The first-order valence-corrected chi connectivity index (χ1v) is 9.43. The largest absolute Gasteiger partial charge is 0.368 e. The first-order chi connectivity index (χ1) is 13.4. The van der Waals surface area contributed by atoms with Gasteiger partial charge in [-0.15, -0.1) is 0 Å². The molecule has 0 bridgehead atoms. The van der Waals surface area contributed by atoms with E-state index in [-0.39, 0.29) is 12.6 Å². The SMILES string of the molecule is CN(C)Cc1nccn1-c1ccc(N2C[C@@]3(C(N)=O)[CH]CCCN3C2=O)cc1. The normalized spacial score (nSPS) is 22.0. The summed E-state index contributed by atoms with van der Waals surface area (Å²) in [5, 5.41) is 0. The third kappa shape index (κ3) is 2.93. The predicted molar refractivity (Wildman–Crippen MR) is 106 cm³/mol. The average molecular weight is 381 g/mol. The number of primary amides is 1. The molecule has 0 saturated carbocycles. The number of carbonyl (C=O) groups is 2. The van der Waals surface area contributed by atoms with Crippen molar-refractivity contribution in [1.29, 1.82) is 0 Å². The summed E-state index contributed by atoms with van der Waals surface area (Å²) in [5.74, 6) is 0.473. The second-order valence-electron chi connectivity index (χ2n) is 7.62. The Hall–Kier alpha value is -2.87. The fourth-order valence-corrected chi connectivity index (χ4v) is 4.05. The number of hydrogen-bond donors (Lipinski definition) is 1. The van der Waals surface area contributed by atoms with Crippen LogP contribution in [0, 0.1) is 6.42 Å². The molecule has 3 heterocycles. The third-order valence-corrected chi connectivity index (χ3v) is 5.45. The molecule has 1 aromatic heterocycles. The highest BCUT2D eigenvalue weighted by Crippen LogP contribution is 2.37. The van der Waals surface area contributed by atoms with Gasteiger partial charge in [-0.1, -0.05) is 0 Å². The average Bonchev–Trinajstić information content (AvgIpc) is 3.25. The molecule has 0 aliphatic carbocycles. The number of carbonyl (C=O) groups excluding carboxylic acids is 2. The quantitative estimate of drug-likeness (QED) is 0.848. The molecule has 2 fully saturated rings. The lowest BCUT2D eigenvalue weighted by molar-refractivity contribution is -0.126. The summed E-state index contributed by atoms with van der Waals surface area (Å²) in [6.07, 6.45) is 7.23. The third-order valence-electron chi connectivity index (χ3n) is 5.45. The van der Waals surface area contributed by atoms with E-state index in [1.54, 1.807) is 16.0 Å². The number of aromatic nitrogens is 2. The molecule has 0 unspecified atom stereocenters. The lowest BCUT2D eigenvalue weighted by Crippen LogP contribution is -2.59. The number of nitrogens with two attached hydrogens (primary N) is 1. The van der Waals surface area contributed by atoms with E-state index in [1.807, 2.05) is 55.5 Å². The zero-order valence-corrected chi connectivity index (χ0v) is 16.2. The van der Waals surface area contributed by atoms with Crippen molar-refractivity contribution in [1.82, 2.24) is 19.4 Å². The van der Waals surface area contributed by atoms with Crippen LogP contribution in [0.1, 0.15) is 18.7 Å². The fourth-order valence-electron chi connectivity index (χ4n) is 4.05. The van der Waals surface area contributed by atoms with Gasteiger partial charge in [0.05, 0.1) is 13.1 Å². The molecule has 0 spiro atoms. The molecule has 8 heteroatoms. The summed E-state index contributed by atoms with van der Waals surface area (Å²) >= 11 is 0. The van der Waals surface area contributed by atoms with Gasteiger partial charge in [0.15, 0.2) is 0 Å². The molecular weight excluding hydrogens is 356 g/mol. The summed E-state index contributed by atoms with van der Waals surface area (Å²) < 4.78 is 2.03. The van der Waals surface area contributed by atoms with Gasteiger partial charge in [0.1, 0.15) is 11.4 Å². The van der Waals surface area contributed by atoms with Gasteiger partial charge in [0.2, 0.25) is 5.91 Å². The van der Waals surface area contributed by atoms with Crippen molar-refractivity contribution in [3.8, 4) is 5.69 Å². The monoisotopic (exact) mass is 381 g/mol. The molecule has 28 heavy (non-hydrogen) atoms. The summed E-state index contributed by atoms with van der Waals surface area (Å²) in [7, 11) is 4.00. The summed E-state index contributed by atoms with van der Waals surface area (Å²) in [6, 6.07) is 7.56. The highest BCUT2D eigenvalue weighted by molar-refractivity contribution is 6.03. The molecule has 2 saturated heterocycles. The second kappa shape index (κ2) is 6.94. The van der Waals surface area contributed by atoms with Gasteiger partial charge >= 0.3 is 6.03 Å². The number of rotatable bonds is 5. The van der Waals surface area contributed by atoms with E-state index in [4.69, 9.17) is 5.73 Å². The Morgan fingerprint density at radius 3 is 2.61 bits per heavy atom. The van der Waals surface area contributed by atoms with Gasteiger partial charge in [-0.05, 0) is 57.6 Å². The molecule has 2 aliphatic rings. The van der Waals surface area contributed by atoms with Gasteiger partial charge in [0, 0.05) is 30.3 Å². The Bertz CT molecular complexity index is 890. The van der Waals surface area contributed by atoms with Crippen molar-refractivity contribution in [3.63, 3.8) is 0 Å². The summed E-state index contributed by atoms with van der Waals surface area (Å²) in [6.45, 7) is 1.54. The Morgan fingerprint density at radius 2 is 1.96 bits per heavy atom. The highest BCUT2D eigenvalue weighted by atomic mass is 16.2. The maximum Gasteiger partial charge on any atom is 0.325 e. The lowest BCUT2D eigenvalue weighted by Gasteiger charge is -2.37. The molecule has 2 aliphatic heterocycles. The van der Waals surface area contributed by atoms with Gasteiger partial charge < -0.3 is 20.1 Å². The van der Waals surface area contributed by atoms with Crippen LogP contribution in [0.4, 0.5) is 10.5 Å². The van der Waals surface area contributed by atoms with Crippen LogP contribution in [-0.2, 0) is 11.3 Å². The van der Waals surface area contributed by atoms with E-state index < -0.39 is 11.4 Å². The number of nitrogens with zero attached hydrogens (tertiary/aromatic N) is 5. The highest BCUT2D eigenvalue weighted by Gasteiger charge is 2.55. The lowest BCUT2D eigenvalue weighted by atomic mass is 9.87. The van der Waals surface area contributed by atoms with Crippen LogP contribution in [0.25, 0.3) is 5.69 Å². The van der Waals surface area contributed by atoms with E-state index >= 15 is 0 Å². The number of hydrogen-bond acceptors (Lipinski definition) is 4. The van der Waals surface area contributed by atoms with E-state index in [9.17, 15) is 9.59 Å². The smallest absolute Gasteiger partial charge is 0.325 e. The van der Waals surface area contributed by atoms with E-state index in [0.29, 0.717) is 6.54 Å². The standard InChI is InChI=1S/C20H25N6O2/c1-23(2)13-17-22-10-12-24(17)15-5-7-16(8-6-15)25-14-20(18(21)27)9-3-4-11-26(20)19(25)28/h5-10,12H,3-4,11,13-14H2,1-2H3,(H2,21,27)/t20-/m1/s1. The summed E-state index contributed by atoms with van der Waals surface area (Å²) in [5.41, 5.74) is 6.41. The van der Waals surface area contributed by atoms with Crippen molar-refractivity contribution >= 4 is 17.6 Å². The fraction of sp³-hybridized carbons (Fsp3) is 0.400. The van der Waals surface area contributed by atoms with Crippen LogP contribution in [0.5, 0.6) is 0 Å². The zero-order chi connectivity index (χ0) is 19.9. The zero-order valence-electron chi connectivity index (χ0n) is 16.2. The van der Waals surface area contributed by atoms with Crippen LogP contribution < -0.4 is 10.6 Å². The molecular formula is C20H25N6O2. The minimum absolute atomic E-state index is 0.168. The molecule has 8 nitrogen and oxygen atoms in total. The Labute approximate surface area is 164 Å². The number of fused-ring (bicyclic) bond motifs is 1. The first kappa shape index (κ1) is 18.5. The molecule has 1 radical (unpaired) electrons. The van der Waals surface area contributed by atoms with Gasteiger partial charge in [-0.3, -0.25) is 9.69 Å². The van der Waals surface area contributed by atoms with Crippen LogP contribution >= 0.6 is 0 Å². The maximum atomic E-state index is 12.9. The first-order valence-electron chi connectivity index (χ1n) is 9.43.